The number of likely N-dealkylation sites (tertiary alicyclic amines) is 1. The number of ether oxygens (including phenoxy) is 1. The standard InChI is InChI=1S/C23H30N4O3/c1-4-27-16(3)22-18(13-20(28)24-23(22)25-27)17-7-5-6-8-19(17)30-14-21(29)26-11-9-15(2)10-12-26/h5-8,15,18H,4,9-14H2,1-3H3,(H,24,25,28). The Balaban J connectivity index is 1.56. The number of benzene rings is 1. The molecule has 0 spiro atoms. The summed E-state index contributed by atoms with van der Waals surface area (Å²) in [4.78, 5) is 26.9. The highest BCUT2D eigenvalue weighted by atomic mass is 16.5. The van der Waals surface area contributed by atoms with E-state index < -0.39 is 0 Å². The second kappa shape index (κ2) is 8.50. The summed E-state index contributed by atoms with van der Waals surface area (Å²) in [7, 11) is 0. The van der Waals surface area contributed by atoms with Crippen LogP contribution in [0, 0.1) is 12.8 Å². The van der Waals surface area contributed by atoms with Crippen LogP contribution in [0.15, 0.2) is 24.3 Å². The number of piperidine rings is 1. The van der Waals surface area contributed by atoms with Crippen molar-refractivity contribution in [3.05, 3.63) is 41.1 Å². The normalized spacial score (nSPS) is 19.4. The van der Waals surface area contributed by atoms with Gasteiger partial charge < -0.3 is 15.0 Å². The molecule has 1 N–H and O–H groups in total. The van der Waals surface area contributed by atoms with Crippen LogP contribution in [0.25, 0.3) is 0 Å². The van der Waals surface area contributed by atoms with Gasteiger partial charge in [-0.05, 0) is 38.7 Å². The van der Waals surface area contributed by atoms with Crippen molar-refractivity contribution in [3.8, 4) is 5.75 Å². The second-order valence-electron chi connectivity index (χ2n) is 8.36. The molecule has 0 saturated carbocycles. The molecule has 1 fully saturated rings. The van der Waals surface area contributed by atoms with Gasteiger partial charge in [0.1, 0.15) is 5.75 Å². The summed E-state index contributed by atoms with van der Waals surface area (Å²) < 4.78 is 7.92. The molecule has 1 atom stereocenters. The summed E-state index contributed by atoms with van der Waals surface area (Å²) in [5, 5.41) is 7.45. The average molecular weight is 411 g/mol. The molecule has 1 unspecified atom stereocenters. The van der Waals surface area contributed by atoms with Crippen LogP contribution in [0.3, 0.4) is 0 Å². The zero-order valence-electron chi connectivity index (χ0n) is 18.0. The van der Waals surface area contributed by atoms with Gasteiger partial charge in [-0.2, -0.15) is 5.10 Å². The van der Waals surface area contributed by atoms with Crippen molar-refractivity contribution in [1.82, 2.24) is 14.7 Å². The van der Waals surface area contributed by atoms with Gasteiger partial charge in [0.15, 0.2) is 12.4 Å². The lowest BCUT2D eigenvalue weighted by atomic mass is 9.85. The van der Waals surface area contributed by atoms with E-state index in [0.717, 1.165) is 49.3 Å². The van der Waals surface area contributed by atoms with E-state index in [1.165, 1.54) is 0 Å². The van der Waals surface area contributed by atoms with E-state index in [-0.39, 0.29) is 24.3 Å². The van der Waals surface area contributed by atoms with Gasteiger partial charge in [0.05, 0.1) is 0 Å². The first-order valence-corrected chi connectivity index (χ1v) is 10.8. The Bertz CT molecular complexity index is 944. The van der Waals surface area contributed by atoms with Crippen molar-refractivity contribution >= 4 is 17.6 Å². The van der Waals surface area contributed by atoms with Crippen molar-refractivity contribution < 1.29 is 14.3 Å². The Labute approximate surface area is 177 Å². The molecule has 160 valence electrons. The number of hydrogen-bond acceptors (Lipinski definition) is 4. The van der Waals surface area contributed by atoms with Crippen LogP contribution in [-0.2, 0) is 16.1 Å². The number of rotatable bonds is 5. The Morgan fingerprint density at radius 3 is 2.73 bits per heavy atom. The molecule has 3 heterocycles. The largest absolute Gasteiger partial charge is 0.483 e. The summed E-state index contributed by atoms with van der Waals surface area (Å²) in [6.07, 6.45) is 2.42. The van der Waals surface area contributed by atoms with E-state index in [2.05, 4.69) is 17.3 Å². The number of hydrogen-bond donors (Lipinski definition) is 1. The van der Waals surface area contributed by atoms with E-state index >= 15 is 0 Å². The van der Waals surface area contributed by atoms with E-state index in [1.54, 1.807) is 0 Å². The monoisotopic (exact) mass is 410 g/mol. The molecule has 7 nitrogen and oxygen atoms in total. The topological polar surface area (TPSA) is 76.5 Å². The van der Waals surface area contributed by atoms with E-state index in [4.69, 9.17) is 4.74 Å². The van der Waals surface area contributed by atoms with Crippen LogP contribution in [0.4, 0.5) is 5.82 Å². The highest BCUT2D eigenvalue weighted by molar-refractivity contribution is 5.94. The van der Waals surface area contributed by atoms with Gasteiger partial charge in [0.25, 0.3) is 5.91 Å². The number of aromatic nitrogens is 2. The maximum Gasteiger partial charge on any atom is 0.260 e. The number of para-hydroxylation sites is 1. The van der Waals surface area contributed by atoms with Gasteiger partial charge in [-0.3, -0.25) is 14.3 Å². The smallest absolute Gasteiger partial charge is 0.260 e. The van der Waals surface area contributed by atoms with E-state index in [1.807, 2.05) is 47.7 Å². The zero-order chi connectivity index (χ0) is 21.3. The number of nitrogens with one attached hydrogen (secondary N) is 1. The Morgan fingerprint density at radius 1 is 1.27 bits per heavy atom. The zero-order valence-corrected chi connectivity index (χ0v) is 18.0. The second-order valence-corrected chi connectivity index (χ2v) is 8.36. The lowest BCUT2D eigenvalue weighted by Gasteiger charge is -2.30. The fourth-order valence-corrected chi connectivity index (χ4v) is 4.50. The third kappa shape index (κ3) is 3.93. The van der Waals surface area contributed by atoms with Crippen molar-refractivity contribution in [2.24, 2.45) is 5.92 Å². The van der Waals surface area contributed by atoms with Gasteiger partial charge in [0.2, 0.25) is 5.91 Å². The first kappa shape index (κ1) is 20.4. The number of aryl methyl sites for hydroxylation is 1. The summed E-state index contributed by atoms with van der Waals surface area (Å²) in [5.41, 5.74) is 3.00. The van der Waals surface area contributed by atoms with Crippen molar-refractivity contribution in [1.29, 1.82) is 0 Å². The molecule has 2 aliphatic heterocycles. The summed E-state index contributed by atoms with van der Waals surface area (Å²) in [6, 6.07) is 7.71. The highest BCUT2D eigenvalue weighted by Gasteiger charge is 2.33. The summed E-state index contributed by atoms with van der Waals surface area (Å²) in [5.74, 6) is 1.79. The first-order chi connectivity index (χ1) is 14.5. The van der Waals surface area contributed by atoms with Gasteiger partial charge in [0, 0.05) is 48.8 Å². The molecule has 2 aliphatic rings. The van der Waals surface area contributed by atoms with Crippen molar-refractivity contribution in [2.45, 2.75) is 52.5 Å². The Kier molecular flexibility index (Phi) is 5.79. The quantitative estimate of drug-likeness (QED) is 0.820. The number of nitrogens with zero attached hydrogens (tertiary/aromatic N) is 3. The lowest BCUT2D eigenvalue weighted by molar-refractivity contribution is -0.134. The van der Waals surface area contributed by atoms with Crippen LogP contribution in [0.2, 0.25) is 0 Å². The van der Waals surface area contributed by atoms with Gasteiger partial charge in [-0.15, -0.1) is 0 Å². The van der Waals surface area contributed by atoms with Crippen molar-refractivity contribution in [3.63, 3.8) is 0 Å². The predicted octanol–water partition coefficient (Wildman–Crippen LogP) is 3.32. The number of carbonyl (C=O) groups is 2. The molecule has 2 aromatic rings. The lowest BCUT2D eigenvalue weighted by Crippen LogP contribution is -2.40. The molecule has 1 saturated heterocycles. The number of carbonyl (C=O) groups excluding carboxylic acids is 2. The predicted molar refractivity (Wildman–Crippen MR) is 115 cm³/mol. The van der Waals surface area contributed by atoms with Gasteiger partial charge >= 0.3 is 0 Å². The maximum absolute atomic E-state index is 12.6. The first-order valence-electron chi connectivity index (χ1n) is 10.8. The van der Waals surface area contributed by atoms with Gasteiger partial charge in [-0.25, -0.2) is 0 Å². The molecule has 0 bridgehead atoms. The number of anilines is 1. The summed E-state index contributed by atoms with van der Waals surface area (Å²) >= 11 is 0. The molecule has 30 heavy (non-hydrogen) atoms. The minimum Gasteiger partial charge on any atom is -0.483 e. The van der Waals surface area contributed by atoms with Crippen LogP contribution in [-0.4, -0.2) is 46.2 Å². The third-order valence-electron chi connectivity index (χ3n) is 6.33. The SMILES string of the molecule is CCn1nc2c(c1C)C(c1ccccc1OCC(=O)N1CCC(C)CC1)CC(=O)N2. The minimum atomic E-state index is -0.142. The van der Waals surface area contributed by atoms with Crippen LogP contribution in [0.1, 0.15) is 55.8 Å². The molecule has 1 aromatic carbocycles. The van der Waals surface area contributed by atoms with Crippen LogP contribution < -0.4 is 10.1 Å². The van der Waals surface area contributed by atoms with E-state index in [0.29, 0.717) is 23.9 Å². The average Bonchev–Trinajstić information content (AvgIpc) is 3.07. The fourth-order valence-electron chi connectivity index (χ4n) is 4.50. The minimum absolute atomic E-state index is 0.0182. The van der Waals surface area contributed by atoms with Crippen molar-refractivity contribution in [2.75, 3.05) is 25.0 Å². The Hall–Kier alpha value is -2.83. The molecule has 1 aromatic heterocycles. The molecule has 7 heteroatoms. The third-order valence-corrected chi connectivity index (χ3v) is 6.33. The fraction of sp³-hybridized carbons (Fsp3) is 0.522. The molecule has 4 rings (SSSR count). The Morgan fingerprint density at radius 2 is 2.00 bits per heavy atom. The van der Waals surface area contributed by atoms with Gasteiger partial charge in [-0.1, -0.05) is 25.1 Å². The maximum atomic E-state index is 12.6. The van der Waals surface area contributed by atoms with Crippen LogP contribution in [0.5, 0.6) is 5.75 Å². The highest BCUT2D eigenvalue weighted by Crippen LogP contribution is 2.42. The molecule has 0 aliphatic carbocycles. The number of amides is 2. The molecular weight excluding hydrogens is 380 g/mol. The van der Waals surface area contributed by atoms with Crippen LogP contribution >= 0.6 is 0 Å². The molecule has 0 radical (unpaired) electrons. The molecular formula is C23H30N4O3. The summed E-state index contributed by atoms with van der Waals surface area (Å²) in [6.45, 7) is 8.65. The molecule has 2 amide bonds. The van der Waals surface area contributed by atoms with E-state index in [9.17, 15) is 9.59 Å². The number of fused-ring (bicyclic) bond motifs is 1.